The van der Waals surface area contributed by atoms with Gasteiger partial charge in [-0.25, -0.2) is 9.03 Å². The molecule has 0 spiro atoms. The number of halogens is 1. The normalized spacial score (nSPS) is 9.59. The lowest BCUT2D eigenvalue weighted by atomic mass is 10.4. The molecule has 140 valence electrons. The van der Waals surface area contributed by atoms with Crippen LogP contribution < -0.4 is 15.2 Å². The minimum Gasteiger partial charge on any atom is -0.493 e. The first kappa shape index (κ1) is 19.9. The van der Waals surface area contributed by atoms with Crippen molar-refractivity contribution in [1.29, 1.82) is 5.26 Å². The molecule has 0 radical (unpaired) electrons. The second-order valence-electron chi connectivity index (χ2n) is 4.76. The summed E-state index contributed by atoms with van der Waals surface area (Å²) in [5.74, 6) is 1.64. The van der Waals surface area contributed by atoms with E-state index >= 15 is 0 Å². The zero-order chi connectivity index (χ0) is 19.8. The average Bonchev–Trinajstić information content (AvgIpc) is 3.22. The molecular weight excluding hydrogens is 416 g/mol. The van der Waals surface area contributed by atoms with Gasteiger partial charge in [0.1, 0.15) is 0 Å². The molecule has 4 aromatic rings. The third-order valence-corrected chi connectivity index (χ3v) is 3.42. The van der Waals surface area contributed by atoms with Crippen molar-refractivity contribution in [3.05, 3.63) is 41.4 Å². The highest BCUT2D eigenvalue weighted by Crippen LogP contribution is 2.18. The van der Waals surface area contributed by atoms with Crippen LogP contribution in [0.15, 0.2) is 41.4 Å². The first-order chi connectivity index (χ1) is 13.0. The van der Waals surface area contributed by atoms with Gasteiger partial charge in [0.15, 0.2) is 22.8 Å². The Morgan fingerprint density at radius 2 is 1.48 bits per heavy atom. The average molecular weight is 433 g/mol. The predicted molar refractivity (Wildman–Crippen MR) is 102 cm³/mol. The van der Waals surface area contributed by atoms with Crippen LogP contribution in [-0.2, 0) is 0 Å². The molecule has 0 atom stereocenters. The fraction of sp³-hybridized carbons (Fsp3) is 0.188. The van der Waals surface area contributed by atoms with Crippen LogP contribution in [0, 0.1) is 11.3 Å². The first-order valence-corrected chi connectivity index (χ1v) is 8.33. The van der Waals surface area contributed by atoms with Gasteiger partial charge in [0.05, 0.1) is 20.3 Å². The van der Waals surface area contributed by atoms with E-state index in [4.69, 9.17) is 20.5 Å². The van der Waals surface area contributed by atoms with Crippen LogP contribution in [0.3, 0.4) is 0 Å². The van der Waals surface area contributed by atoms with E-state index < -0.39 is 0 Å². The molecule has 4 aromatic heterocycles. The number of pyridine rings is 2. The number of ether oxygens (including phenoxy) is 2. The van der Waals surface area contributed by atoms with Gasteiger partial charge in [-0.1, -0.05) is 0 Å². The van der Waals surface area contributed by atoms with Gasteiger partial charge in [-0.05, 0) is 40.2 Å². The number of anilines is 1. The van der Waals surface area contributed by atoms with Crippen molar-refractivity contribution in [3.63, 3.8) is 0 Å². The van der Waals surface area contributed by atoms with Gasteiger partial charge < -0.3 is 15.2 Å². The molecule has 4 rings (SSSR count). The van der Waals surface area contributed by atoms with E-state index in [9.17, 15) is 0 Å². The lowest BCUT2D eigenvalue weighted by Crippen LogP contribution is -1.90. The minimum atomic E-state index is 0.250. The SMILES string of the molecule is CC#N.COc1cccn2nc(Br)nc12.COc1cccn2nc(N)nc12. The maximum Gasteiger partial charge on any atom is 0.240 e. The number of nitriles is 1. The molecule has 0 bridgehead atoms. The van der Waals surface area contributed by atoms with Crippen LogP contribution in [0.1, 0.15) is 6.92 Å². The van der Waals surface area contributed by atoms with Gasteiger partial charge in [0, 0.05) is 19.3 Å². The van der Waals surface area contributed by atoms with E-state index in [1.165, 1.54) is 6.92 Å². The largest absolute Gasteiger partial charge is 0.493 e. The van der Waals surface area contributed by atoms with Crippen molar-refractivity contribution in [2.24, 2.45) is 0 Å². The second-order valence-corrected chi connectivity index (χ2v) is 5.47. The third kappa shape index (κ3) is 4.83. The maximum absolute atomic E-state index is 7.32. The third-order valence-electron chi connectivity index (χ3n) is 3.08. The molecule has 10 nitrogen and oxygen atoms in total. The molecule has 0 amide bonds. The van der Waals surface area contributed by atoms with Gasteiger partial charge in [0.2, 0.25) is 10.7 Å². The summed E-state index contributed by atoms with van der Waals surface area (Å²) in [6.07, 6.45) is 3.58. The summed E-state index contributed by atoms with van der Waals surface area (Å²) in [6, 6.07) is 9.08. The number of nitrogens with two attached hydrogens (primary N) is 1. The Bertz CT molecular complexity index is 989. The van der Waals surface area contributed by atoms with Gasteiger partial charge in [-0.2, -0.15) is 15.2 Å². The molecule has 0 unspecified atom stereocenters. The van der Waals surface area contributed by atoms with E-state index in [2.05, 4.69) is 36.1 Å². The highest BCUT2D eigenvalue weighted by Gasteiger charge is 2.05. The summed E-state index contributed by atoms with van der Waals surface area (Å²) in [5, 5.41) is 15.3. The molecule has 0 aliphatic rings. The van der Waals surface area contributed by atoms with E-state index in [0.29, 0.717) is 21.8 Å². The zero-order valence-corrected chi connectivity index (χ0v) is 16.5. The predicted octanol–water partition coefficient (Wildman–Crippen LogP) is 2.35. The van der Waals surface area contributed by atoms with Crippen LogP contribution in [-0.4, -0.2) is 43.4 Å². The summed E-state index contributed by atoms with van der Waals surface area (Å²) in [4.78, 5) is 8.12. The number of nitrogen functional groups attached to an aromatic ring is 1. The molecule has 0 saturated carbocycles. The Kier molecular flexibility index (Phi) is 6.90. The number of fused-ring (bicyclic) bond motifs is 2. The molecule has 27 heavy (non-hydrogen) atoms. The van der Waals surface area contributed by atoms with Gasteiger partial charge in [-0.3, -0.25) is 0 Å². The highest BCUT2D eigenvalue weighted by molar-refractivity contribution is 9.10. The van der Waals surface area contributed by atoms with E-state index in [1.807, 2.05) is 30.5 Å². The standard InChI is InChI=1S/C7H6BrN3O.C7H8N4O.C2H3N/c2*1-12-5-3-2-4-11-6(5)9-7(8)10-11;1-2-3/h2-4H,1H3;2-4H,1H3,(H2,8,10);1H3. The Morgan fingerprint density at radius 1 is 1.00 bits per heavy atom. The van der Waals surface area contributed by atoms with Crippen molar-refractivity contribution in [2.45, 2.75) is 6.92 Å². The molecule has 0 aromatic carbocycles. The van der Waals surface area contributed by atoms with Gasteiger partial charge in [0.25, 0.3) is 0 Å². The fourth-order valence-corrected chi connectivity index (χ4v) is 2.41. The summed E-state index contributed by atoms with van der Waals surface area (Å²) >= 11 is 3.19. The topological polar surface area (TPSA) is 129 Å². The van der Waals surface area contributed by atoms with E-state index in [1.54, 1.807) is 35.5 Å². The van der Waals surface area contributed by atoms with Crippen molar-refractivity contribution < 1.29 is 9.47 Å². The van der Waals surface area contributed by atoms with Crippen molar-refractivity contribution in [2.75, 3.05) is 20.0 Å². The Labute approximate surface area is 163 Å². The summed E-state index contributed by atoms with van der Waals surface area (Å²) in [6.45, 7) is 1.43. The number of hydrogen-bond donors (Lipinski definition) is 1. The lowest BCUT2D eigenvalue weighted by Gasteiger charge is -1.98. The van der Waals surface area contributed by atoms with Crippen molar-refractivity contribution in [3.8, 4) is 17.6 Å². The van der Waals surface area contributed by atoms with Gasteiger partial charge in [-0.15, -0.1) is 10.2 Å². The molecule has 0 fully saturated rings. The minimum absolute atomic E-state index is 0.250. The second kappa shape index (κ2) is 9.35. The zero-order valence-electron chi connectivity index (χ0n) is 14.9. The Hall–Kier alpha value is -3.39. The summed E-state index contributed by atoms with van der Waals surface area (Å²) in [7, 11) is 3.19. The molecule has 0 aliphatic carbocycles. The number of nitrogens with zero attached hydrogens (tertiary/aromatic N) is 7. The van der Waals surface area contributed by atoms with Crippen molar-refractivity contribution in [1.82, 2.24) is 29.2 Å². The number of methoxy groups -OCH3 is 2. The highest BCUT2D eigenvalue weighted by atomic mass is 79.9. The first-order valence-electron chi connectivity index (χ1n) is 7.54. The lowest BCUT2D eigenvalue weighted by molar-refractivity contribution is 0.416. The Morgan fingerprint density at radius 3 is 2.00 bits per heavy atom. The van der Waals surface area contributed by atoms with Crippen LogP contribution in [0.5, 0.6) is 11.5 Å². The maximum atomic E-state index is 7.32. The number of hydrogen-bond acceptors (Lipinski definition) is 8. The summed E-state index contributed by atoms with van der Waals surface area (Å²) in [5.41, 5.74) is 6.77. The number of rotatable bonds is 2. The quantitative estimate of drug-likeness (QED) is 0.510. The summed E-state index contributed by atoms with van der Waals surface area (Å²) < 4.78 is 14.0. The van der Waals surface area contributed by atoms with Crippen LogP contribution >= 0.6 is 15.9 Å². The molecule has 4 heterocycles. The van der Waals surface area contributed by atoms with Crippen molar-refractivity contribution >= 4 is 33.2 Å². The molecule has 0 saturated heterocycles. The Balaban J connectivity index is 0.000000170. The molecular formula is C16H17BrN8O2. The van der Waals surface area contributed by atoms with E-state index in [-0.39, 0.29) is 5.95 Å². The van der Waals surface area contributed by atoms with Crippen LogP contribution in [0.4, 0.5) is 5.95 Å². The van der Waals surface area contributed by atoms with Crippen LogP contribution in [0.25, 0.3) is 11.3 Å². The van der Waals surface area contributed by atoms with Gasteiger partial charge >= 0.3 is 0 Å². The van der Waals surface area contributed by atoms with Crippen LogP contribution in [0.2, 0.25) is 0 Å². The monoisotopic (exact) mass is 432 g/mol. The smallest absolute Gasteiger partial charge is 0.240 e. The fourth-order valence-electron chi connectivity index (χ4n) is 2.07. The molecule has 2 N–H and O–H groups in total. The molecule has 11 heteroatoms. The van der Waals surface area contributed by atoms with E-state index in [0.717, 1.165) is 5.75 Å². The number of aromatic nitrogens is 6. The molecule has 0 aliphatic heterocycles.